The summed E-state index contributed by atoms with van der Waals surface area (Å²) in [7, 11) is -3.76. The Bertz CT molecular complexity index is 928. The zero-order chi connectivity index (χ0) is 18.7. The quantitative estimate of drug-likeness (QED) is 0.870. The number of primary sulfonamides is 1. The van der Waals surface area contributed by atoms with E-state index in [9.17, 15) is 17.6 Å². The summed E-state index contributed by atoms with van der Waals surface area (Å²) in [5.74, 6) is -0.254. The van der Waals surface area contributed by atoms with Crippen molar-refractivity contribution in [2.45, 2.75) is 37.1 Å². The molecule has 0 unspecified atom stereocenters. The van der Waals surface area contributed by atoms with Crippen LogP contribution in [0, 0.1) is 5.82 Å². The molecule has 0 aliphatic carbocycles. The van der Waals surface area contributed by atoms with Crippen molar-refractivity contribution in [1.29, 1.82) is 0 Å². The van der Waals surface area contributed by atoms with Gasteiger partial charge >= 0.3 is 0 Å². The highest BCUT2D eigenvalue weighted by Gasteiger charge is 2.22. The van der Waals surface area contributed by atoms with Crippen LogP contribution >= 0.6 is 0 Å². The maximum Gasteiger partial charge on any atom is 0.238 e. The van der Waals surface area contributed by atoms with Gasteiger partial charge in [-0.3, -0.25) is 4.79 Å². The molecular formula is C19H21FN2O3S. The number of rotatable bonds is 5. The second-order valence-electron chi connectivity index (χ2n) is 6.49. The number of aryl methyl sites for hydroxylation is 1. The first-order valence-electron chi connectivity index (χ1n) is 8.50. The molecule has 3 rings (SSSR count). The molecule has 0 fully saturated rings. The first-order valence-corrected chi connectivity index (χ1v) is 10.0. The molecule has 0 bridgehead atoms. The Labute approximate surface area is 152 Å². The van der Waals surface area contributed by atoms with Crippen molar-refractivity contribution in [2.75, 3.05) is 6.54 Å². The van der Waals surface area contributed by atoms with Crippen molar-refractivity contribution in [3.8, 4) is 0 Å². The number of hydrogen-bond donors (Lipinski definition) is 1. The maximum atomic E-state index is 13.6. The second-order valence-corrected chi connectivity index (χ2v) is 8.05. The molecule has 0 radical (unpaired) electrons. The Morgan fingerprint density at radius 3 is 2.65 bits per heavy atom. The Morgan fingerprint density at radius 1 is 1.15 bits per heavy atom. The molecule has 0 saturated heterocycles. The van der Waals surface area contributed by atoms with Crippen molar-refractivity contribution in [3.05, 3.63) is 65.0 Å². The highest BCUT2D eigenvalue weighted by Crippen LogP contribution is 2.23. The van der Waals surface area contributed by atoms with Gasteiger partial charge in [0.25, 0.3) is 0 Å². The Balaban J connectivity index is 1.61. The lowest BCUT2D eigenvalue weighted by Crippen LogP contribution is -2.36. The van der Waals surface area contributed by atoms with Gasteiger partial charge in [-0.05, 0) is 54.2 Å². The number of carbonyl (C=O) groups excluding carboxylic acids is 1. The van der Waals surface area contributed by atoms with Crippen LogP contribution in [0.2, 0.25) is 0 Å². The van der Waals surface area contributed by atoms with Crippen molar-refractivity contribution in [2.24, 2.45) is 5.14 Å². The van der Waals surface area contributed by atoms with E-state index in [0.717, 1.165) is 11.1 Å². The van der Waals surface area contributed by atoms with Gasteiger partial charge < -0.3 is 4.90 Å². The third kappa shape index (κ3) is 4.28. The summed E-state index contributed by atoms with van der Waals surface area (Å²) in [4.78, 5) is 14.2. The van der Waals surface area contributed by atoms with E-state index < -0.39 is 10.0 Å². The van der Waals surface area contributed by atoms with Gasteiger partial charge in [0.1, 0.15) is 5.82 Å². The highest BCUT2D eigenvalue weighted by molar-refractivity contribution is 7.89. The number of amides is 1. The van der Waals surface area contributed by atoms with Crippen LogP contribution in [-0.4, -0.2) is 25.8 Å². The molecule has 7 heteroatoms. The van der Waals surface area contributed by atoms with Crippen LogP contribution in [0.15, 0.2) is 47.4 Å². The molecule has 0 spiro atoms. The monoisotopic (exact) mass is 376 g/mol. The summed E-state index contributed by atoms with van der Waals surface area (Å²) < 4.78 is 36.6. The normalized spacial score (nSPS) is 14.2. The lowest BCUT2D eigenvalue weighted by atomic mass is 9.99. The fourth-order valence-corrected chi connectivity index (χ4v) is 3.78. The summed E-state index contributed by atoms with van der Waals surface area (Å²) in [6.45, 7) is 0.970. The standard InChI is InChI=1S/C19H21FN2O3S/c20-18-6-2-1-4-15(18)5-3-7-19(23)22-11-10-14-8-9-17(26(21,24)25)12-16(14)13-22/h1-2,4,6,8-9,12H,3,5,7,10-11,13H2,(H2,21,24,25). The van der Waals surface area contributed by atoms with Gasteiger partial charge in [-0.25, -0.2) is 17.9 Å². The van der Waals surface area contributed by atoms with Gasteiger partial charge in [0.15, 0.2) is 0 Å². The predicted molar refractivity (Wildman–Crippen MR) is 96.3 cm³/mol. The number of carbonyl (C=O) groups is 1. The third-order valence-corrected chi connectivity index (χ3v) is 5.58. The lowest BCUT2D eigenvalue weighted by Gasteiger charge is -2.29. The summed E-state index contributed by atoms with van der Waals surface area (Å²) in [6, 6.07) is 11.4. The molecule has 1 aliphatic heterocycles. The number of halogens is 1. The van der Waals surface area contributed by atoms with E-state index in [1.165, 1.54) is 12.1 Å². The first kappa shape index (κ1) is 18.5. The second kappa shape index (κ2) is 7.55. The minimum Gasteiger partial charge on any atom is -0.338 e. The molecule has 2 aromatic carbocycles. The Morgan fingerprint density at radius 2 is 1.92 bits per heavy atom. The topological polar surface area (TPSA) is 80.5 Å². The molecule has 2 N–H and O–H groups in total. The van der Waals surface area contributed by atoms with E-state index in [0.29, 0.717) is 44.3 Å². The zero-order valence-electron chi connectivity index (χ0n) is 14.3. The van der Waals surface area contributed by atoms with E-state index in [4.69, 9.17) is 5.14 Å². The average Bonchev–Trinajstić information content (AvgIpc) is 2.61. The fourth-order valence-electron chi connectivity index (χ4n) is 3.21. The van der Waals surface area contributed by atoms with Gasteiger partial charge in [0.2, 0.25) is 15.9 Å². The summed E-state index contributed by atoms with van der Waals surface area (Å²) >= 11 is 0. The summed E-state index contributed by atoms with van der Waals surface area (Å²) in [5.41, 5.74) is 2.46. The summed E-state index contributed by atoms with van der Waals surface area (Å²) in [6.07, 6.45) is 2.09. The molecule has 0 aromatic heterocycles. The SMILES string of the molecule is NS(=O)(=O)c1ccc2c(c1)CN(C(=O)CCCc1ccccc1F)CC2. The first-order chi connectivity index (χ1) is 12.3. The molecule has 26 heavy (non-hydrogen) atoms. The van der Waals surface area contributed by atoms with Gasteiger partial charge in [0, 0.05) is 19.5 Å². The highest BCUT2D eigenvalue weighted by atomic mass is 32.2. The molecule has 138 valence electrons. The van der Waals surface area contributed by atoms with Crippen molar-refractivity contribution in [1.82, 2.24) is 4.90 Å². The molecule has 1 heterocycles. The van der Waals surface area contributed by atoms with Crippen LogP contribution in [0.1, 0.15) is 29.5 Å². The lowest BCUT2D eigenvalue weighted by molar-refractivity contribution is -0.132. The smallest absolute Gasteiger partial charge is 0.238 e. The number of sulfonamides is 1. The van der Waals surface area contributed by atoms with Crippen molar-refractivity contribution < 1.29 is 17.6 Å². The molecule has 0 atom stereocenters. The largest absolute Gasteiger partial charge is 0.338 e. The molecular weight excluding hydrogens is 355 g/mol. The van der Waals surface area contributed by atoms with Crippen LogP contribution in [0.3, 0.4) is 0 Å². The number of nitrogens with zero attached hydrogens (tertiary/aromatic N) is 1. The molecule has 1 aliphatic rings. The minimum atomic E-state index is -3.76. The number of nitrogens with two attached hydrogens (primary N) is 1. The number of benzene rings is 2. The van der Waals surface area contributed by atoms with Gasteiger partial charge in [-0.15, -0.1) is 0 Å². The van der Waals surface area contributed by atoms with E-state index in [1.54, 1.807) is 35.2 Å². The van der Waals surface area contributed by atoms with E-state index >= 15 is 0 Å². The Kier molecular flexibility index (Phi) is 5.38. The summed E-state index contributed by atoms with van der Waals surface area (Å²) in [5, 5.41) is 5.18. The van der Waals surface area contributed by atoms with Gasteiger partial charge in [-0.2, -0.15) is 0 Å². The van der Waals surface area contributed by atoms with Crippen LogP contribution in [0.25, 0.3) is 0 Å². The van der Waals surface area contributed by atoms with E-state index in [1.807, 2.05) is 0 Å². The molecule has 0 saturated carbocycles. The molecule has 5 nitrogen and oxygen atoms in total. The number of hydrogen-bond acceptors (Lipinski definition) is 3. The van der Waals surface area contributed by atoms with Crippen molar-refractivity contribution >= 4 is 15.9 Å². The number of fused-ring (bicyclic) bond motifs is 1. The minimum absolute atomic E-state index is 0.00648. The van der Waals surface area contributed by atoms with Gasteiger partial charge in [-0.1, -0.05) is 24.3 Å². The van der Waals surface area contributed by atoms with Crippen LogP contribution < -0.4 is 5.14 Å². The fraction of sp³-hybridized carbons (Fsp3) is 0.316. The van der Waals surface area contributed by atoms with Crippen LogP contribution in [0.5, 0.6) is 0 Å². The average molecular weight is 376 g/mol. The molecule has 2 aromatic rings. The van der Waals surface area contributed by atoms with Crippen LogP contribution in [0.4, 0.5) is 4.39 Å². The molecule has 1 amide bonds. The van der Waals surface area contributed by atoms with Gasteiger partial charge in [0.05, 0.1) is 4.90 Å². The third-order valence-electron chi connectivity index (χ3n) is 4.67. The Hall–Kier alpha value is -2.25. The predicted octanol–water partition coefficient (Wildman–Crippen LogP) is 2.38. The maximum absolute atomic E-state index is 13.6. The van der Waals surface area contributed by atoms with Crippen molar-refractivity contribution in [3.63, 3.8) is 0 Å². The zero-order valence-corrected chi connectivity index (χ0v) is 15.1. The van der Waals surface area contributed by atoms with E-state index in [2.05, 4.69) is 0 Å². The van der Waals surface area contributed by atoms with E-state index in [-0.39, 0.29) is 16.6 Å². The van der Waals surface area contributed by atoms with Crippen LogP contribution in [-0.2, 0) is 34.2 Å².